The number of rotatable bonds is 4. The van der Waals surface area contributed by atoms with E-state index < -0.39 is 35.0 Å². The van der Waals surface area contributed by atoms with E-state index in [4.69, 9.17) is 4.74 Å². The van der Waals surface area contributed by atoms with Crippen LogP contribution in [0, 0.1) is 23.5 Å². The minimum Gasteiger partial charge on any atom is -0.444 e. The van der Waals surface area contributed by atoms with Crippen LogP contribution < -0.4 is 5.32 Å². The van der Waals surface area contributed by atoms with Gasteiger partial charge in [-0.05, 0) is 92.7 Å². The molecule has 31 heavy (non-hydrogen) atoms. The van der Waals surface area contributed by atoms with E-state index in [1.165, 1.54) is 12.1 Å². The van der Waals surface area contributed by atoms with Crippen molar-refractivity contribution in [2.24, 2.45) is 0 Å². The molecule has 8 heteroatoms. The highest BCUT2D eigenvalue weighted by atomic mass is 79.9. The number of aliphatic hydroxyl groups is 1. The summed E-state index contributed by atoms with van der Waals surface area (Å²) in [6.45, 7) is 8.27. The van der Waals surface area contributed by atoms with Crippen LogP contribution in [-0.2, 0) is 11.2 Å². The predicted molar refractivity (Wildman–Crippen MR) is 117 cm³/mol. The molecule has 166 valence electrons. The summed E-state index contributed by atoms with van der Waals surface area (Å²) in [7, 11) is 0. The van der Waals surface area contributed by atoms with Crippen LogP contribution in [0.15, 0.2) is 34.8 Å². The minimum atomic E-state index is -1.21. The molecule has 0 bridgehead atoms. The number of ether oxygens (including phenoxy) is 1. The molecule has 1 aromatic heterocycles. The van der Waals surface area contributed by atoms with E-state index in [0.717, 1.165) is 6.07 Å². The van der Waals surface area contributed by atoms with Gasteiger partial charge in [0, 0.05) is 10.5 Å². The molecular weight excluding hydrogens is 470 g/mol. The molecule has 0 aliphatic rings. The molecule has 5 nitrogen and oxygen atoms in total. The molecule has 0 saturated heterocycles. The fraction of sp³-hybridized carbons (Fsp3) is 0.391. The normalized spacial score (nSPS) is 12.5. The van der Waals surface area contributed by atoms with E-state index >= 15 is 0 Å². The van der Waals surface area contributed by atoms with Crippen LogP contribution >= 0.6 is 15.9 Å². The van der Waals surface area contributed by atoms with E-state index in [0.29, 0.717) is 21.4 Å². The van der Waals surface area contributed by atoms with E-state index in [1.54, 1.807) is 46.8 Å². The first-order chi connectivity index (χ1) is 14.2. The Kier molecular flexibility index (Phi) is 7.79. The maximum atomic E-state index is 13.7. The average molecular weight is 495 g/mol. The molecule has 2 N–H and O–H groups in total. The third-order valence-electron chi connectivity index (χ3n) is 3.75. The summed E-state index contributed by atoms with van der Waals surface area (Å²) in [5.74, 6) is 4.02. The van der Waals surface area contributed by atoms with Crippen molar-refractivity contribution in [3.8, 4) is 11.8 Å². The number of carbonyl (C=O) groups is 1. The third kappa shape index (κ3) is 8.64. The van der Waals surface area contributed by atoms with Crippen molar-refractivity contribution in [3.63, 3.8) is 0 Å². The van der Waals surface area contributed by atoms with E-state index in [9.17, 15) is 18.7 Å². The van der Waals surface area contributed by atoms with Gasteiger partial charge < -0.3 is 15.2 Å². The zero-order valence-electron chi connectivity index (χ0n) is 18.0. The topological polar surface area (TPSA) is 71.5 Å². The lowest BCUT2D eigenvalue weighted by atomic mass is 10.0. The van der Waals surface area contributed by atoms with Crippen LogP contribution in [-0.4, -0.2) is 27.4 Å². The Balaban J connectivity index is 2.45. The van der Waals surface area contributed by atoms with Crippen molar-refractivity contribution in [3.05, 3.63) is 63.4 Å². The van der Waals surface area contributed by atoms with E-state index in [-0.39, 0.29) is 6.42 Å². The monoisotopic (exact) mass is 494 g/mol. The van der Waals surface area contributed by atoms with Gasteiger partial charge in [0.2, 0.25) is 0 Å². The van der Waals surface area contributed by atoms with E-state index in [1.807, 2.05) is 0 Å². The van der Waals surface area contributed by atoms with Gasteiger partial charge in [-0.3, -0.25) is 0 Å². The second-order valence-corrected chi connectivity index (χ2v) is 9.41. The molecule has 2 rings (SSSR count). The second kappa shape index (κ2) is 9.75. The molecule has 1 aromatic carbocycles. The second-order valence-electron chi connectivity index (χ2n) is 8.55. The molecule has 0 aliphatic heterocycles. The highest BCUT2D eigenvalue weighted by Crippen LogP contribution is 2.26. The summed E-state index contributed by atoms with van der Waals surface area (Å²) in [4.78, 5) is 16.9. The number of hydrogen-bond acceptors (Lipinski definition) is 4. The molecule has 0 spiro atoms. The van der Waals surface area contributed by atoms with Gasteiger partial charge in [0.15, 0.2) is 0 Å². The maximum absolute atomic E-state index is 13.7. The number of nitrogens with one attached hydrogen (secondary N) is 1. The first kappa shape index (κ1) is 24.8. The molecule has 1 unspecified atom stereocenters. The quantitative estimate of drug-likeness (QED) is 0.583. The zero-order chi connectivity index (χ0) is 23.4. The summed E-state index contributed by atoms with van der Waals surface area (Å²) in [6.07, 6.45) is -0.641. The smallest absolute Gasteiger partial charge is 0.408 e. The van der Waals surface area contributed by atoms with Crippen molar-refractivity contribution in [1.82, 2.24) is 10.3 Å². The third-order valence-corrected chi connectivity index (χ3v) is 4.42. The number of alkyl carbamates (subject to hydrolysis) is 1. The SMILES string of the molecule is CC(C)(O)C#Cc1ccc(Br)c(C(Cc2cc(F)cc(F)c2)NC(=O)OC(C)(C)C)n1. The van der Waals surface area contributed by atoms with Crippen LogP contribution in [0.25, 0.3) is 0 Å². The number of benzene rings is 1. The van der Waals surface area contributed by atoms with Crippen LogP contribution in [0.2, 0.25) is 0 Å². The molecule has 1 atom stereocenters. The van der Waals surface area contributed by atoms with Crippen LogP contribution in [0.4, 0.5) is 13.6 Å². The molecule has 2 aromatic rings. The highest BCUT2D eigenvalue weighted by Gasteiger charge is 2.24. The number of nitrogens with zero attached hydrogens (tertiary/aromatic N) is 1. The number of pyridine rings is 1. The molecule has 0 saturated carbocycles. The van der Waals surface area contributed by atoms with Gasteiger partial charge in [-0.15, -0.1) is 0 Å². The average Bonchev–Trinajstić information content (AvgIpc) is 2.57. The summed E-state index contributed by atoms with van der Waals surface area (Å²) >= 11 is 3.41. The first-order valence-electron chi connectivity index (χ1n) is 9.58. The maximum Gasteiger partial charge on any atom is 0.408 e. The lowest BCUT2D eigenvalue weighted by Crippen LogP contribution is -2.36. The molecule has 0 radical (unpaired) electrons. The standard InChI is InChI=1S/C23H25BrF2N2O3/c1-22(2,3)31-21(29)28-19(12-14-10-15(25)13-16(26)11-14)20-18(24)7-6-17(27-20)8-9-23(4,5)30/h6-7,10-11,13,19,30H,12H2,1-5H3,(H,28,29). The molecule has 1 amide bonds. The van der Waals surface area contributed by atoms with E-state index in [2.05, 4.69) is 38.1 Å². The summed E-state index contributed by atoms with van der Waals surface area (Å²) in [5.41, 5.74) is -0.841. The summed E-state index contributed by atoms with van der Waals surface area (Å²) in [6, 6.07) is 5.75. The Labute approximate surface area is 189 Å². The Morgan fingerprint density at radius 1 is 1.19 bits per heavy atom. The Morgan fingerprint density at radius 2 is 1.81 bits per heavy atom. The molecule has 0 fully saturated rings. The summed E-state index contributed by atoms with van der Waals surface area (Å²) < 4.78 is 33.3. The van der Waals surface area contributed by atoms with Gasteiger partial charge in [0.05, 0.1) is 11.7 Å². The number of amides is 1. The first-order valence-corrected chi connectivity index (χ1v) is 10.4. The largest absolute Gasteiger partial charge is 0.444 e. The van der Waals surface area contributed by atoms with Gasteiger partial charge in [-0.2, -0.15) is 0 Å². The Hall–Kier alpha value is -2.50. The van der Waals surface area contributed by atoms with Crippen molar-refractivity contribution in [2.75, 3.05) is 0 Å². The number of carbonyl (C=O) groups excluding carboxylic acids is 1. The van der Waals surface area contributed by atoms with Crippen molar-refractivity contribution in [1.29, 1.82) is 0 Å². The fourth-order valence-electron chi connectivity index (χ4n) is 2.62. The lowest BCUT2D eigenvalue weighted by Gasteiger charge is -2.24. The fourth-order valence-corrected chi connectivity index (χ4v) is 3.12. The van der Waals surface area contributed by atoms with Gasteiger partial charge in [-0.25, -0.2) is 18.6 Å². The Bertz CT molecular complexity index is 998. The highest BCUT2D eigenvalue weighted by molar-refractivity contribution is 9.10. The van der Waals surface area contributed by atoms with Gasteiger partial charge in [0.25, 0.3) is 0 Å². The van der Waals surface area contributed by atoms with Crippen LogP contribution in [0.5, 0.6) is 0 Å². The summed E-state index contributed by atoms with van der Waals surface area (Å²) in [5, 5.41) is 12.6. The van der Waals surface area contributed by atoms with Gasteiger partial charge >= 0.3 is 6.09 Å². The number of aromatic nitrogens is 1. The predicted octanol–water partition coefficient (Wildman–Crippen LogP) is 5.05. The Morgan fingerprint density at radius 3 is 2.35 bits per heavy atom. The van der Waals surface area contributed by atoms with Crippen LogP contribution in [0.1, 0.15) is 57.6 Å². The number of hydrogen-bond donors (Lipinski definition) is 2. The van der Waals surface area contributed by atoms with Crippen molar-refractivity contribution >= 4 is 22.0 Å². The molecule has 0 aliphatic carbocycles. The van der Waals surface area contributed by atoms with Crippen molar-refractivity contribution < 1.29 is 23.4 Å². The zero-order valence-corrected chi connectivity index (χ0v) is 19.6. The number of halogens is 3. The lowest BCUT2D eigenvalue weighted by molar-refractivity contribution is 0.0502. The minimum absolute atomic E-state index is 0.0574. The van der Waals surface area contributed by atoms with Crippen molar-refractivity contribution in [2.45, 2.75) is 58.3 Å². The van der Waals surface area contributed by atoms with Crippen LogP contribution in [0.3, 0.4) is 0 Å². The molecule has 1 heterocycles. The van der Waals surface area contributed by atoms with Gasteiger partial charge in [-0.1, -0.05) is 5.92 Å². The van der Waals surface area contributed by atoms with Gasteiger partial charge in [0.1, 0.15) is 28.5 Å². The molecular formula is C23H25BrF2N2O3.